The molecule has 2 aromatic rings. The van der Waals surface area contributed by atoms with Crippen molar-refractivity contribution in [1.82, 2.24) is 10.2 Å². The second-order valence-electron chi connectivity index (χ2n) is 6.64. The summed E-state index contributed by atoms with van der Waals surface area (Å²) in [6.07, 6.45) is 0. The van der Waals surface area contributed by atoms with Gasteiger partial charge in [0.05, 0.1) is 26.9 Å². The SMILES string of the molecule is CCOc1ccc(C(=O)NCc2ccccc2CN2CCOCC2)cc1OC. The van der Waals surface area contributed by atoms with Crippen LogP contribution in [0, 0.1) is 0 Å². The second kappa shape index (κ2) is 10.1. The molecule has 6 nitrogen and oxygen atoms in total. The van der Waals surface area contributed by atoms with E-state index in [1.165, 1.54) is 5.56 Å². The molecule has 1 amide bonds. The Labute approximate surface area is 166 Å². The van der Waals surface area contributed by atoms with Crippen molar-refractivity contribution >= 4 is 5.91 Å². The summed E-state index contributed by atoms with van der Waals surface area (Å²) in [5.41, 5.74) is 2.90. The van der Waals surface area contributed by atoms with Gasteiger partial charge in [0.1, 0.15) is 0 Å². The Morgan fingerprint density at radius 3 is 2.57 bits per heavy atom. The van der Waals surface area contributed by atoms with Gasteiger partial charge in [0.25, 0.3) is 5.91 Å². The van der Waals surface area contributed by atoms with Crippen molar-refractivity contribution in [2.45, 2.75) is 20.0 Å². The Morgan fingerprint density at radius 2 is 1.86 bits per heavy atom. The number of methoxy groups -OCH3 is 1. The van der Waals surface area contributed by atoms with Crippen LogP contribution in [0.25, 0.3) is 0 Å². The maximum Gasteiger partial charge on any atom is 0.251 e. The molecule has 0 atom stereocenters. The Bertz CT molecular complexity index is 788. The summed E-state index contributed by atoms with van der Waals surface area (Å²) in [5.74, 6) is 1.06. The van der Waals surface area contributed by atoms with E-state index in [1.54, 1.807) is 25.3 Å². The number of carbonyl (C=O) groups is 1. The third-order valence-electron chi connectivity index (χ3n) is 4.78. The van der Waals surface area contributed by atoms with Crippen molar-refractivity contribution in [3.8, 4) is 11.5 Å². The first kappa shape index (κ1) is 20.2. The summed E-state index contributed by atoms with van der Waals surface area (Å²) in [7, 11) is 1.57. The number of hydrogen-bond acceptors (Lipinski definition) is 5. The lowest BCUT2D eigenvalue weighted by Gasteiger charge is -2.27. The summed E-state index contributed by atoms with van der Waals surface area (Å²) in [4.78, 5) is 15.0. The molecule has 1 N–H and O–H groups in total. The highest BCUT2D eigenvalue weighted by Gasteiger charge is 2.14. The third kappa shape index (κ3) is 5.24. The molecule has 0 radical (unpaired) electrons. The zero-order valence-corrected chi connectivity index (χ0v) is 16.6. The maximum absolute atomic E-state index is 12.6. The molecule has 1 saturated heterocycles. The van der Waals surface area contributed by atoms with E-state index in [-0.39, 0.29) is 5.91 Å². The number of nitrogens with one attached hydrogen (secondary N) is 1. The van der Waals surface area contributed by atoms with Crippen LogP contribution >= 0.6 is 0 Å². The fourth-order valence-electron chi connectivity index (χ4n) is 3.25. The van der Waals surface area contributed by atoms with E-state index in [0.717, 1.165) is 38.4 Å². The van der Waals surface area contributed by atoms with Gasteiger partial charge >= 0.3 is 0 Å². The highest BCUT2D eigenvalue weighted by Crippen LogP contribution is 2.28. The molecule has 0 spiro atoms. The lowest BCUT2D eigenvalue weighted by atomic mass is 10.1. The number of ether oxygens (including phenoxy) is 3. The first-order valence-electron chi connectivity index (χ1n) is 9.67. The molecule has 150 valence electrons. The van der Waals surface area contributed by atoms with Gasteiger partial charge in [-0.25, -0.2) is 0 Å². The summed E-state index contributed by atoms with van der Waals surface area (Å²) in [6.45, 7) is 7.23. The Kier molecular flexibility index (Phi) is 7.28. The smallest absolute Gasteiger partial charge is 0.251 e. The number of benzene rings is 2. The van der Waals surface area contributed by atoms with Crippen LogP contribution < -0.4 is 14.8 Å². The molecule has 0 aliphatic carbocycles. The van der Waals surface area contributed by atoms with Crippen LogP contribution in [0.5, 0.6) is 11.5 Å². The molecule has 1 fully saturated rings. The van der Waals surface area contributed by atoms with Gasteiger partial charge in [-0.3, -0.25) is 9.69 Å². The average Bonchev–Trinajstić information content (AvgIpc) is 2.74. The van der Waals surface area contributed by atoms with Gasteiger partial charge in [0.15, 0.2) is 11.5 Å². The lowest BCUT2D eigenvalue weighted by molar-refractivity contribution is 0.0340. The number of nitrogens with zero attached hydrogens (tertiary/aromatic N) is 1. The van der Waals surface area contributed by atoms with E-state index in [2.05, 4.69) is 22.3 Å². The minimum atomic E-state index is -0.137. The molecule has 0 saturated carbocycles. The van der Waals surface area contributed by atoms with Crippen LogP contribution in [0.1, 0.15) is 28.4 Å². The number of hydrogen-bond donors (Lipinski definition) is 1. The number of rotatable bonds is 8. The van der Waals surface area contributed by atoms with Crippen molar-refractivity contribution in [2.24, 2.45) is 0 Å². The van der Waals surface area contributed by atoms with E-state index < -0.39 is 0 Å². The first-order valence-corrected chi connectivity index (χ1v) is 9.67. The topological polar surface area (TPSA) is 60.0 Å². The third-order valence-corrected chi connectivity index (χ3v) is 4.78. The summed E-state index contributed by atoms with van der Waals surface area (Å²) in [5, 5.41) is 3.02. The molecule has 3 rings (SSSR count). The van der Waals surface area contributed by atoms with E-state index in [0.29, 0.717) is 30.2 Å². The minimum absolute atomic E-state index is 0.137. The molecule has 6 heteroatoms. The largest absolute Gasteiger partial charge is 0.493 e. The predicted molar refractivity (Wildman–Crippen MR) is 108 cm³/mol. The van der Waals surface area contributed by atoms with Crippen LogP contribution in [0.2, 0.25) is 0 Å². The molecule has 1 heterocycles. The minimum Gasteiger partial charge on any atom is -0.493 e. The summed E-state index contributed by atoms with van der Waals surface area (Å²) >= 11 is 0. The van der Waals surface area contributed by atoms with Crippen molar-refractivity contribution in [1.29, 1.82) is 0 Å². The van der Waals surface area contributed by atoms with E-state index in [1.807, 2.05) is 19.1 Å². The fraction of sp³-hybridized carbons (Fsp3) is 0.409. The van der Waals surface area contributed by atoms with Gasteiger partial charge in [-0.15, -0.1) is 0 Å². The van der Waals surface area contributed by atoms with E-state index in [4.69, 9.17) is 14.2 Å². The Hall–Kier alpha value is -2.57. The van der Waals surface area contributed by atoms with Gasteiger partial charge in [-0.1, -0.05) is 24.3 Å². The van der Waals surface area contributed by atoms with E-state index in [9.17, 15) is 4.79 Å². The zero-order chi connectivity index (χ0) is 19.8. The van der Waals surface area contributed by atoms with E-state index >= 15 is 0 Å². The lowest BCUT2D eigenvalue weighted by Crippen LogP contribution is -2.36. The summed E-state index contributed by atoms with van der Waals surface area (Å²) in [6, 6.07) is 13.5. The standard InChI is InChI=1S/C22H28N2O4/c1-3-28-20-9-8-17(14-21(20)26-2)22(25)23-15-18-6-4-5-7-19(18)16-24-10-12-27-13-11-24/h4-9,14H,3,10-13,15-16H2,1-2H3,(H,23,25). The van der Waals surface area contributed by atoms with Crippen LogP contribution in [0.15, 0.2) is 42.5 Å². The van der Waals surface area contributed by atoms with Crippen molar-refractivity contribution in [2.75, 3.05) is 40.0 Å². The number of morpholine rings is 1. The Balaban J connectivity index is 1.64. The highest BCUT2D eigenvalue weighted by molar-refractivity contribution is 5.94. The number of carbonyl (C=O) groups excluding carboxylic acids is 1. The molecule has 2 aromatic carbocycles. The van der Waals surface area contributed by atoms with Crippen molar-refractivity contribution in [3.63, 3.8) is 0 Å². The first-order chi connectivity index (χ1) is 13.7. The van der Waals surface area contributed by atoms with Crippen LogP contribution in [-0.4, -0.2) is 50.8 Å². The van der Waals surface area contributed by atoms with Crippen LogP contribution in [-0.2, 0) is 17.8 Å². The molecule has 1 aliphatic heterocycles. The average molecular weight is 384 g/mol. The van der Waals surface area contributed by atoms with Gasteiger partial charge in [-0.05, 0) is 36.2 Å². The van der Waals surface area contributed by atoms with Crippen molar-refractivity contribution < 1.29 is 19.0 Å². The zero-order valence-electron chi connectivity index (χ0n) is 16.6. The maximum atomic E-state index is 12.6. The van der Waals surface area contributed by atoms with Gasteiger partial charge < -0.3 is 19.5 Å². The molecule has 0 aromatic heterocycles. The summed E-state index contributed by atoms with van der Waals surface area (Å²) < 4.78 is 16.3. The van der Waals surface area contributed by atoms with Crippen LogP contribution in [0.4, 0.5) is 0 Å². The molecule has 1 aliphatic rings. The van der Waals surface area contributed by atoms with Crippen molar-refractivity contribution in [3.05, 3.63) is 59.2 Å². The quantitative estimate of drug-likeness (QED) is 0.758. The van der Waals surface area contributed by atoms with Gasteiger partial charge in [0.2, 0.25) is 0 Å². The molecule has 0 bridgehead atoms. The molecular weight excluding hydrogens is 356 g/mol. The normalized spacial score (nSPS) is 14.5. The molecule has 28 heavy (non-hydrogen) atoms. The van der Waals surface area contributed by atoms with Crippen LogP contribution in [0.3, 0.4) is 0 Å². The fourth-order valence-corrected chi connectivity index (χ4v) is 3.25. The predicted octanol–water partition coefficient (Wildman–Crippen LogP) is 2.86. The molecule has 0 unspecified atom stereocenters. The monoisotopic (exact) mass is 384 g/mol. The number of amides is 1. The van der Waals surface area contributed by atoms with Gasteiger partial charge in [0, 0.05) is 31.7 Å². The Morgan fingerprint density at radius 1 is 1.11 bits per heavy atom. The molecular formula is C22H28N2O4. The highest BCUT2D eigenvalue weighted by atomic mass is 16.5. The van der Waals surface area contributed by atoms with Gasteiger partial charge in [-0.2, -0.15) is 0 Å². The second-order valence-corrected chi connectivity index (χ2v) is 6.64.